The molecule has 0 bridgehead atoms. The molecule has 0 unspecified atom stereocenters. The first-order valence-electron chi connectivity index (χ1n) is 10.2. The standard InChI is InChI=1S/C23H27N5OS/c1-24-23(28-14-12-27(13-15-28)22-6-4-16-30-22)26-17-19-7-9-21(10-8-19)29-18-20-5-2-3-11-25-20/h2-11,16H,12-15,17-18H2,1H3,(H,24,26). The quantitative estimate of drug-likeness (QED) is 0.487. The number of piperazine rings is 1. The summed E-state index contributed by atoms with van der Waals surface area (Å²) in [4.78, 5) is 13.5. The van der Waals surface area contributed by atoms with Crippen molar-refractivity contribution in [3.63, 3.8) is 0 Å². The van der Waals surface area contributed by atoms with Gasteiger partial charge in [0.15, 0.2) is 5.96 Å². The number of hydrogen-bond acceptors (Lipinski definition) is 5. The van der Waals surface area contributed by atoms with E-state index in [-0.39, 0.29) is 0 Å². The Morgan fingerprint density at radius 1 is 1.07 bits per heavy atom. The second-order valence-electron chi connectivity index (χ2n) is 7.08. The summed E-state index contributed by atoms with van der Waals surface area (Å²) in [5.41, 5.74) is 2.12. The number of anilines is 1. The zero-order chi connectivity index (χ0) is 20.6. The van der Waals surface area contributed by atoms with E-state index in [1.165, 1.54) is 10.6 Å². The fourth-order valence-electron chi connectivity index (χ4n) is 3.45. The highest BCUT2D eigenvalue weighted by Gasteiger charge is 2.20. The number of ether oxygens (including phenoxy) is 1. The summed E-state index contributed by atoms with van der Waals surface area (Å²) in [6, 6.07) is 18.3. The third kappa shape index (κ3) is 5.30. The van der Waals surface area contributed by atoms with Crippen molar-refractivity contribution in [3.8, 4) is 5.75 Å². The monoisotopic (exact) mass is 421 g/mol. The minimum absolute atomic E-state index is 0.475. The van der Waals surface area contributed by atoms with Crippen molar-refractivity contribution in [3.05, 3.63) is 77.4 Å². The van der Waals surface area contributed by atoms with Gasteiger partial charge in [0.25, 0.3) is 0 Å². The van der Waals surface area contributed by atoms with E-state index in [4.69, 9.17) is 4.74 Å². The van der Waals surface area contributed by atoms with E-state index >= 15 is 0 Å². The Labute approximate surface area is 181 Å². The molecular weight excluding hydrogens is 394 g/mol. The molecule has 1 aliphatic heterocycles. The van der Waals surface area contributed by atoms with Gasteiger partial charge < -0.3 is 19.9 Å². The maximum atomic E-state index is 5.81. The van der Waals surface area contributed by atoms with Crippen LogP contribution in [0.1, 0.15) is 11.3 Å². The van der Waals surface area contributed by atoms with Crippen LogP contribution < -0.4 is 15.0 Å². The minimum atomic E-state index is 0.475. The molecule has 0 amide bonds. The van der Waals surface area contributed by atoms with Gasteiger partial charge in [-0.2, -0.15) is 0 Å². The molecule has 6 nitrogen and oxygen atoms in total. The van der Waals surface area contributed by atoms with E-state index in [1.54, 1.807) is 17.5 Å². The number of hydrogen-bond donors (Lipinski definition) is 1. The maximum Gasteiger partial charge on any atom is 0.194 e. The normalized spacial score (nSPS) is 14.6. The molecule has 1 fully saturated rings. The molecule has 0 radical (unpaired) electrons. The Morgan fingerprint density at radius 2 is 1.90 bits per heavy atom. The number of rotatable bonds is 6. The van der Waals surface area contributed by atoms with Gasteiger partial charge in [-0.15, -0.1) is 11.3 Å². The Kier molecular flexibility index (Phi) is 6.82. The van der Waals surface area contributed by atoms with E-state index in [9.17, 15) is 0 Å². The molecule has 0 aliphatic carbocycles. The maximum absolute atomic E-state index is 5.81. The van der Waals surface area contributed by atoms with Gasteiger partial charge in [-0.05, 0) is 47.3 Å². The number of aromatic nitrogens is 1. The van der Waals surface area contributed by atoms with Crippen LogP contribution in [0, 0.1) is 0 Å². The Hall–Kier alpha value is -3.06. The molecule has 1 N–H and O–H groups in total. The van der Waals surface area contributed by atoms with Gasteiger partial charge in [-0.25, -0.2) is 0 Å². The van der Waals surface area contributed by atoms with Crippen molar-refractivity contribution >= 4 is 22.3 Å². The van der Waals surface area contributed by atoms with Crippen LogP contribution in [-0.2, 0) is 13.2 Å². The summed E-state index contributed by atoms with van der Waals surface area (Å²) >= 11 is 1.80. The molecule has 2 aromatic heterocycles. The van der Waals surface area contributed by atoms with Gasteiger partial charge in [-0.1, -0.05) is 18.2 Å². The molecule has 3 heterocycles. The highest BCUT2D eigenvalue weighted by molar-refractivity contribution is 7.14. The molecule has 0 atom stereocenters. The van der Waals surface area contributed by atoms with Crippen LogP contribution in [-0.4, -0.2) is 49.1 Å². The van der Waals surface area contributed by atoms with Gasteiger partial charge in [-0.3, -0.25) is 9.98 Å². The van der Waals surface area contributed by atoms with Crippen molar-refractivity contribution in [2.24, 2.45) is 4.99 Å². The first-order valence-corrected chi connectivity index (χ1v) is 11.1. The Balaban J connectivity index is 1.24. The van der Waals surface area contributed by atoms with Crippen LogP contribution in [0.5, 0.6) is 5.75 Å². The first kappa shape index (κ1) is 20.2. The number of guanidine groups is 1. The lowest BCUT2D eigenvalue weighted by Crippen LogP contribution is -2.52. The number of nitrogens with one attached hydrogen (secondary N) is 1. The highest BCUT2D eigenvalue weighted by atomic mass is 32.1. The molecule has 7 heteroatoms. The van der Waals surface area contributed by atoms with Gasteiger partial charge >= 0.3 is 0 Å². The third-order valence-electron chi connectivity index (χ3n) is 5.10. The van der Waals surface area contributed by atoms with E-state index in [2.05, 4.69) is 54.7 Å². The summed E-state index contributed by atoms with van der Waals surface area (Å²) in [6.07, 6.45) is 1.78. The number of aliphatic imine (C=N–C) groups is 1. The molecule has 0 saturated carbocycles. The minimum Gasteiger partial charge on any atom is -0.487 e. The van der Waals surface area contributed by atoms with Crippen LogP contribution in [0.15, 0.2) is 71.2 Å². The van der Waals surface area contributed by atoms with Gasteiger partial charge in [0.1, 0.15) is 12.4 Å². The molecule has 3 aromatic rings. The predicted molar refractivity (Wildman–Crippen MR) is 123 cm³/mol. The average Bonchev–Trinajstić information content (AvgIpc) is 3.35. The zero-order valence-electron chi connectivity index (χ0n) is 17.2. The van der Waals surface area contributed by atoms with Crippen molar-refractivity contribution in [2.45, 2.75) is 13.2 Å². The average molecular weight is 422 g/mol. The lowest BCUT2D eigenvalue weighted by Gasteiger charge is -2.37. The summed E-state index contributed by atoms with van der Waals surface area (Å²) < 4.78 is 5.81. The molecule has 1 aromatic carbocycles. The topological polar surface area (TPSA) is 53.0 Å². The van der Waals surface area contributed by atoms with Crippen LogP contribution >= 0.6 is 11.3 Å². The predicted octanol–water partition coefficient (Wildman–Crippen LogP) is 3.62. The van der Waals surface area contributed by atoms with Crippen LogP contribution in [0.2, 0.25) is 0 Å². The van der Waals surface area contributed by atoms with E-state index in [0.29, 0.717) is 6.61 Å². The molecule has 30 heavy (non-hydrogen) atoms. The molecular formula is C23H27N5OS. The lowest BCUT2D eigenvalue weighted by molar-refractivity contribution is 0.301. The second kappa shape index (κ2) is 10.1. The zero-order valence-corrected chi connectivity index (χ0v) is 18.0. The summed E-state index contributed by atoms with van der Waals surface area (Å²) in [5.74, 6) is 1.80. The summed E-state index contributed by atoms with van der Waals surface area (Å²) in [6.45, 7) is 5.18. The SMILES string of the molecule is CN=C(NCc1ccc(OCc2ccccn2)cc1)N1CCN(c2cccs2)CC1. The van der Waals surface area contributed by atoms with Crippen molar-refractivity contribution in [1.82, 2.24) is 15.2 Å². The lowest BCUT2D eigenvalue weighted by atomic mass is 10.2. The number of benzene rings is 1. The van der Waals surface area contributed by atoms with Crippen molar-refractivity contribution < 1.29 is 4.74 Å². The molecule has 4 rings (SSSR count). The van der Waals surface area contributed by atoms with Crippen molar-refractivity contribution in [1.29, 1.82) is 0 Å². The Bertz CT molecular complexity index is 920. The molecule has 1 saturated heterocycles. The molecule has 156 valence electrons. The number of nitrogens with zero attached hydrogens (tertiary/aromatic N) is 4. The number of pyridine rings is 1. The number of thiophene rings is 1. The van der Waals surface area contributed by atoms with Crippen LogP contribution in [0.25, 0.3) is 0 Å². The fourth-order valence-corrected chi connectivity index (χ4v) is 4.23. The van der Waals surface area contributed by atoms with Crippen LogP contribution in [0.3, 0.4) is 0 Å². The highest BCUT2D eigenvalue weighted by Crippen LogP contribution is 2.22. The van der Waals surface area contributed by atoms with Gasteiger partial charge in [0.2, 0.25) is 0 Å². The van der Waals surface area contributed by atoms with Crippen LogP contribution in [0.4, 0.5) is 5.00 Å². The van der Waals surface area contributed by atoms with Crippen molar-refractivity contribution in [2.75, 3.05) is 38.1 Å². The third-order valence-corrected chi connectivity index (χ3v) is 6.02. The summed E-state index contributed by atoms with van der Waals surface area (Å²) in [7, 11) is 1.85. The van der Waals surface area contributed by atoms with Gasteiger partial charge in [0.05, 0.1) is 10.7 Å². The van der Waals surface area contributed by atoms with E-state index in [0.717, 1.165) is 50.1 Å². The summed E-state index contributed by atoms with van der Waals surface area (Å²) in [5, 5.41) is 6.98. The van der Waals surface area contributed by atoms with E-state index in [1.807, 2.05) is 37.4 Å². The van der Waals surface area contributed by atoms with Gasteiger partial charge in [0, 0.05) is 46.0 Å². The largest absolute Gasteiger partial charge is 0.487 e. The molecule has 0 spiro atoms. The first-order chi connectivity index (χ1) is 14.8. The van der Waals surface area contributed by atoms with E-state index < -0.39 is 0 Å². The molecule has 1 aliphatic rings. The fraction of sp³-hybridized carbons (Fsp3) is 0.304. The smallest absolute Gasteiger partial charge is 0.194 e. The second-order valence-corrected chi connectivity index (χ2v) is 8.01. The Morgan fingerprint density at radius 3 is 2.57 bits per heavy atom.